The molecule has 2 aliphatic rings. The van der Waals surface area contributed by atoms with Gasteiger partial charge in [-0.2, -0.15) is 4.98 Å². The van der Waals surface area contributed by atoms with Crippen LogP contribution in [0.2, 0.25) is 4.34 Å². The Hall–Kier alpha value is -1.90. The van der Waals surface area contributed by atoms with Gasteiger partial charge in [0.1, 0.15) is 5.82 Å². The summed E-state index contributed by atoms with van der Waals surface area (Å²) in [6, 6.07) is 5.58. The summed E-state index contributed by atoms with van der Waals surface area (Å²) in [5.41, 5.74) is 0.952. The maximum Gasteiger partial charge on any atom is 0.264 e. The summed E-state index contributed by atoms with van der Waals surface area (Å²) in [6.07, 6.45) is 0. The molecule has 0 unspecified atom stereocenters. The molecule has 4 rings (SSSR count). The molecule has 0 saturated carbocycles. The van der Waals surface area contributed by atoms with Crippen LogP contribution in [0.25, 0.3) is 0 Å². The molecule has 0 N–H and O–H groups in total. The first-order valence-corrected chi connectivity index (χ1v) is 10.3. The van der Waals surface area contributed by atoms with Crippen molar-refractivity contribution in [1.82, 2.24) is 14.9 Å². The lowest BCUT2D eigenvalue weighted by atomic mass is 10.3. The lowest BCUT2D eigenvalue weighted by molar-refractivity contribution is 0.0751. The minimum Gasteiger partial charge on any atom is -0.378 e. The van der Waals surface area contributed by atoms with Gasteiger partial charge in [0, 0.05) is 51.0 Å². The number of thiophene rings is 1. The minimum absolute atomic E-state index is 0.0470. The largest absolute Gasteiger partial charge is 0.378 e. The number of piperazine rings is 1. The van der Waals surface area contributed by atoms with Crippen molar-refractivity contribution in [2.75, 3.05) is 62.3 Å². The van der Waals surface area contributed by atoms with Gasteiger partial charge in [-0.05, 0) is 19.1 Å². The fraction of sp³-hybridized carbons (Fsp3) is 0.500. The highest BCUT2D eigenvalue weighted by molar-refractivity contribution is 7.17. The van der Waals surface area contributed by atoms with Crippen LogP contribution >= 0.6 is 22.9 Å². The summed E-state index contributed by atoms with van der Waals surface area (Å²) in [5, 5.41) is 0. The molecule has 9 heteroatoms. The lowest BCUT2D eigenvalue weighted by Gasteiger charge is -2.35. The van der Waals surface area contributed by atoms with Crippen LogP contribution in [0.3, 0.4) is 0 Å². The Bertz CT molecular complexity index is 816. The summed E-state index contributed by atoms with van der Waals surface area (Å²) in [6.45, 7) is 7.89. The number of ether oxygens (including phenoxy) is 1. The average Bonchev–Trinajstić information content (AvgIpc) is 3.14. The van der Waals surface area contributed by atoms with E-state index in [1.165, 1.54) is 11.3 Å². The van der Waals surface area contributed by atoms with Crippen LogP contribution in [0.1, 0.15) is 15.4 Å². The molecule has 4 heterocycles. The number of halogens is 1. The topological polar surface area (TPSA) is 61.8 Å². The normalized spacial score (nSPS) is 18.1. The van der Waals surface area contributed by atoms with E-state index in [4.69, 9.17) is 21.3 Å². The molecule has 27 heavy (non-hydrogen) atoms. The van der Waals surface area contributed by atoms with Crippen LogP contribution in [0.15, 0.2) is 18.2 Å². The summed E-state index contributed by atoms with van der Waals surface area (Å²) < 4.78 is 6.07. The molecule has 0 spiro atoms. The number of anilines is 2. The third-order valence-electron chi connectivity index (χ3n) is 4.80. The minimum atomic E-state index is 0.0470. The highest BCUT2D eigenvalue weighted by Crippen LogP contribution is 2.24. The van der Waals surface area contributed by atoms with E-state index in [-0.39, 0.29) is 5.91 Å². The molecular weight excluding hydrogens is 386 g/mol. The van der Waals surface area contributed by atoms with Gasteiger partial charge in [0.05, 0.1) is 22.4 Å². The monoisotopic (exact) mass is 407 g/mol. The van der Waals surface area contributed by atoms with Crippen molar-refractivity contribution < 1.29 is 9.53 Å². The molecule has 7 nitrogen and oxygen atoms in total. The quantitative estimate of drug-likeness (QED) is 0.778. The van der Waals surface area contributed by atoms with E-state index in [1.54, 1.807) is 12.1 Å². The first-order valence-electron chi connectivity index (χ1n) is 9.08. The number of carbonyl (C=O) groups is 1. The molecule has 144 valence electrons. The average molecular weight is 408 g/mol. The number of nitrogens with zero attached hydrogens (tertiary/aromatic N) is 5. The van der Waals surface area contributed by atoms with Gasteiger partial charge in [0.15, 0.2) is 0 Å². The van der Waals surface area contributed by atoms with E-state index in [9.17, 15) is 4.79 Å². The molecule has 1 amide bonds. The number of amides is 1. The molecule has 2 aromatic rings. The number of aryl methyl sites for hydroxylation is 1. The van der Waals surface area contributed by atoms with E-state index in [1.807, 2.05) is 17.9 Å². The number of aromatic nitrogens is 2. The number of hydrogen-bond acceptors (Lipinski definition) is 7. The molecule has 0 radical (unpaired) electrons. The summed E-state index contributed by atoms with van der Waals surface area (Å²) in [4.78, 5) is 28.9. The molecule has 2 saturated heterocycles. The van der Waals surface area contributed by atoms with E-state index in [2.05, 4.69) is 14.8 Å². The van der Waals surface area contributed by atoms with Crippen LogP contribution in [-0.4, -0.2) is 73.3 Å². The zero-order chi connectivity index (χ0) is 18.8. The van der Waals surface area contributed by atoms with Crippen molar-refractivity contribution in [2.45, 2.75) is 6.92 Å². The highest BCUT2D eigenvalue weighted by Gasteiger charge is 2.25. The van der Waals surface area contributed by atoms with Crippen molar-refractivity contribution in [2.24, 2.45) is 0 Å². The zero-order valence-electron chi connectivity index (χ0n) is 15.2. The van der Waals surface area contributed by atoms with Crippen molar-refractivity contribution in [3.05, 3.63) is 33.1 Å². The van der Waals surface area contributed by atoms with Crippen molar-refractivity contribution in [1.29, 1.82) is 0 Å². The first-order chi connectivity index (χ1) is 13.1. The van der Waals surface area contributed by atoms with Gasteiger partial charge in [0.25, 0.3) is 5.91 Å². The van der Waals surface area contributed by atoms with Gasteiger partial charge in [-0.25, -0.2) is 4.98 Å². The standard InChI is InChI=1S/C18H22ClN5O2S/c1-13-12-16(22-8-10-26-11-9-22)21-18(20-13)24-6-4-23(5-7-24)17(25)14-2-3-15(19)27-14/h2-3,12H,4-11H2,1H3. The molecule has 2 aliphatic heterocycles. The number of hydrogen-bond donors (Lipinski definition) is 0. The smallest absolute Gasteiger partial charge is 0.264 e. The maximum absolute atomic E-state index is 12.6. The van der Waals surface area contributed by atoms with Crippen LogP contribution in [0, 0.1) is 6.92 Å². The predicted octanol–water partition coefficient (Wildman–Crippen LogP) is 2.30. The van der Waals surface area contributed by atoms with Crippen molar-refractivity contribution >= 4 is 40.6 Å². The second kappa shape index (κ2) is 8.00. The van der Waals surface area contributed by atoms with Gasteiger partial charge in [0.2, 0.25) is 5.95 Å². The zero-order valence-corrected chi connectivity index (χ0v) is 16.8. The van der Waals surface area contributed by atoms with E-state index < -0.39 is 0 Å². The Morgan fingerprint density at radius 2 is 1.81 bits per heavy atom. The second-order valence-corrected chi connectivity index (χ2v) is 8.37. The molecule has 0 aromatic carbocycles. The van der Waals surface area contributed by atoms with Crippen LogP contribution in [0.4, 0.5) is 11.8 Å². The Morgan fingerprint density at radius 3 is 2.48 bits per heavy atom. The predicted molar refractivity (Wildman–Crippen MR) is 107 cm³/mol. The van der Waals surface area contributed by atoms with Crippen LogP contribution in [0.5, 0.6) is 0 Å². The SMILES string of the molecule is Cc1cc(N2CCOCC2)nc(N2CCN(C(=O)c3ccc(Cl)s3)CC2)n1. The molecule has 0 atom stereocenters. The van der Waals surface area contributed by atoms with Gasteiger partial charge < -0.3 is 19.4 Å². The number of morpholine rings is 1. The molecule has 0 bridgehead atoms. The third kappa shape index (κ3) is 4.17. The first kappa shape index (κ1) is 18.5. The Labute approximate surface area is 167 Å². The lowest BCUT2D eigenvalue weighted by Crippen LogP contribution is -2.49. The van der Waals surface area contributed by atoms with E-state index in [0.717, 1.165) is 56.9 Å². The second-order valence-electron chi connectivity index (χ2n) is 6.65. The van der Waals surface area contributed by atoms with E-state index in [0.29, 0.717) is 22.3 Å². The van der Waals surface area contributed by atoms with Gasteiger partial charge in [-0.3, -0.25) is 4.79 Å². The van der Waals surface area contributed by atoms with Gasteiger partial charge >= 0.3 is 0 Å². The summed E-state index contributed by atoms with van der Waals surface area (Å²) in [5.74, 6) is 1.74. The van der Waals surface area contributed by atoms with Crippen molar-refractivity contribution in [3.63, 3.8) is 0 Å². The fourth-order valence-corrected chi connectivity index (χ4v) is 4.34. The molecule has 2 fully saturated rings. The fourth-order valence-electron chi connectivity index (χ4n) is 3.33. The van der Waals surface area contributed by atoms with E-state index >= 15 is 0 Å². The molecule has 2 aromatic heterocycles. The molecular formula is C18H22ClN5O2S. The van der Waals surface area contributed by atoms with Crippen molar-refractivity contribution in [3.8, 4) is 0 Å². The van der Waals surface area contributed by atoms with Crippen LogP contribution in [-0.2, 0) is 4.74 Å². The summed E-state index contributed by atoms with van der Waals surface area (Å²) in [7, 11) is 0. The Kier molecular flexibility index (Phi) is 5.47. The Morgan fingerprint density at radius 1 is 1.07 bits per heavy atom. The number of rotatable bonds is 3. The van der Waals surface area contributed by atoms with Gasteiger partial charge in [-0.15, -0.1) is 11.3 Å². The third-order valence-corrected chi connectivity index (χ3v) is 6.02. The Balaban J connectivity index is 1.43. The van der Waals surface area contributed by atoms with Crippen LogP contribution < -0.4 is 9.80 Å². The number of carbonyl (C=O) groups excluding carboxylic acids is 1. The summed E-state index contributed by atoms with van der Waals surface area (Å²) >= 11 is 7.28. The maximum atomic E-state index is 12.6. The molecule has 0 aliphatic carbocycles. The van der Waals surface area contributed by atoms with Gasteiger partial charge in [-0.1, -0.05) is 11.6 Å². The highest BCUT2D eigenvalue weighted by atomic mass is 35.5.